The zero-order chi connectivity index (χ0) is 14.9. The number of benzene rings is 1. The van der Waals surface area contributed by atoms with Crippen LogP contribution >= 0.6 is 39.3 Å². The first kappa shape index (κ1) is 16.1. The van der Waals surface area contributed by atoms with E-state index in [0.29, 0.717) is 5.02 Å². The second-order valence-corrected chi connectivity index (χ2v) is 8.52. The second-order valence-electron chi connectivity index (χ2n) is 6.01. The van der Waals surface area contributed by atoms with Crippen molar-refractivity contribution >= 4 is 39.3 Å². The maximum Gasteiger partial charge on any atom is 0.0831 e. The van der Waals surface area contributed by atoms with Gasteiger partial charge in [0.15, 0.2) is 0 Å². The maximum atomic E-state index is 10.8. The zero-order valence-corrected chi connectivity index (χ0v) is 15.0. The molecule has 3 rings (SSSR count). The number of aliphatic hydroxyl groups excluding tert-OH is 1. The molecule has 0 aliphatic carbocycles. The number of hydrogen-bond acceptors (Lipinski definition) is 3. The molecule has 2 saturated heterocycles. The largest absolute Gasteiger partial charge is 0.388 e. The van der Waals surface area contributed by atoms with Gasteiger partial charge in [0.2, 0.25) is 0 Å². The minimum absolute atomic E-state index is 0.00798. The number of thioether (sulfide) groups is 1. The van der Waals surface area contributed by atoms with Crippen LogP contribution < -0.4 is 0 Å². The lowest BCUT2D eigenvalue weighted by atomic mass is 9.78. The van der Waals surface area contributed by atoms with Crippen molar-refractivity contribution in [3.05, 3.63) is 33.3 Å². The third kappa shape index (κ3) is 3.61. The molecule has 2 aliphatic rings. The highest BCUT2D eigenvalue weighted by atomic mass is 79.9. The molecule has 0 saturated carbocycles. The van der Waals surface area contributed by atoms with Crippen LogP contribution in [0.15, 0.2) is 22.7 Å². The van der Waals surface area contributed by atoms with Crippen LogP contribution in [0.1, 0.15) is 37.4 Å². The van der Waals surface area contributed by atoms with Gasteiger partial charge in [0.05, 0.1) is 11.7 Å². The summed E-state index contributed by atoms with van der Waals surface area (Å²) >= 11 is 11.5. The molecule has 0 amide bonds. The van der Waals surface area contributed by atoms with Crippen LogP contribution in [-0.2, 0) is 4.74 Å². The van der Waals surface area contributed by atoms with Gasteiger partial charge in [-0.05, 0) is 60.8 Å². The summed E-state index contributed by atoms with van der Waals surface area (Å²) in [5, 5.41) is 11.5. The Bertz CT molecular complexity index is 500. The first-order chi connectivity index (χ1) is 10.1. The van der Waals surface area contributed by atoms with Crippen molar-refractivity contribution in [3.63, 3.8) is 0 Å². The maximum absolute atomic E-state index is 10.8. The van der Waals surface area contributed by atoms with E-state index in [0.717, 1.165) is 42.3 Å². The van der Waals surface area contributed by atoms with Crippen LogP contribution in [-0.4, -0.2) is 28.8 Å². The van der Waals surface area contributed by atoms with Crippen molar-refractivity contribution in [1.29, 1.82) is 0 Å². The Kier molecular flexibility index (Phi) is 5.22. The standard InChI is InChI=1S/C16H20BrClO2S/c17-14-9-12(18)1-2-13(14)15(19)11-3-6-20-16(10-11)4-7-21-8-5-16/h1-2,9,11,15,19H,3-8,10H2. The van der Waals surface area contributed by atoms with Crippen LogP contribution in [0.4, 0.5) is 0 Å². The smallest absolute Gasteiger partial charge is 0.0831 e. The lowest BCUT2D eigenvalue weighted by molar-refractivity contribution is -0.121. The minimum Gasteiger partial charge on any atom is -0.388 e. The molecule has 5 heteroatoms. The fourth-order valence-electron chi connectivity index (χ4n) is 3.42. The Morgan fingerprint density at radius 1 is 1.38 bits per heavy atom. The number of halogens is 2. The Hall–Kier alpha value is 0.260. The number of rotatable bonds is 2. The Balaban J connectivity index is 1.76. The van der Waals surface area contributed by atoms with E-state index in [4.69, 9.17) is 16.3 Å². The summed E-state index contributed by atoms with van der Waals surface area (Å²) in [5.74, 6) is 2.61. The summed E-state index contributed by atoms with van der Waals surface area (Å²) < 4.78 is 7.01. The molecule has 2 nitrogen and oxygen atoms in total. The molecule has 21 heavy (non-hydrogen) atoms. The summed E-state index contributed by atoms with van der Waals surface area (Å²) in [5.41, 5.74) is 0.945. The fourth-order valence-corrected chi connectivity index (χ4v) is 5.58. The molecule has 0 bridgehead atoms. The van der Waals surface area contributed by atoms with E-state index >= 15 is 0 Å². The number of ether oxygens (including phenoxy) is 1. The second kappa shape index (κ2) is 6.79. The van der Waals surface area contributed by atoms with Gasteiger partial charge in [0, 0.05) is 16.1 Å². The van der Waals surface area contributed by atoms with E-state index in [9.17, 15) is 5.11 Å². The first-order valence-electron chi connectivity index (χ1n) is 7.44. The SMILES string of the molecule is OC(c1ccc(Cl)cc1Br)C1CCOC2(CCSCC2)C1. The highest BCUT2D eigenvalue weighted by molar-refractivity contribution is 9.10. The molecule has 1 aromatic carbocycles. The predicted octanol–water partition coefficient (Wildman–Crippen LogP) is 4.83. The molecular formula is C16H20BrClO2S. The Morgan fingerprint density at radius 2 is 2.14 bits per heavy atom. The van der Waals surface area contributed by atoms with Gasteiger partial charge in [0.25, 0.3) is 0 Å². The lowest BCUT2D eigenvalue weighted by Gasteiger charge is -2.44. The van der Waals surface area contributed by atoms with E-state index in [-0.39, 0.29) is 11.5 Å². The molecule has 0 aromatic heterocycles. The summed E-state index contributed by atoms with van der Waals surface area (Å²) in [4.78, 5) is 0. The van der Waals surface area contributed by atoms with Crippen molar-refractivity contribution in [2.45, 2.75) is 37.4 Å². The molecular weight excluding hydrogens is 372 g/mol. The van der Waals surface area contributed by atoms with E-state index in [1.165, 1.54) is 11.5 Å². The van der Waals surface area contributed by atoms with Crippen LogP contribution in [0, 0.1) is 5.92 Å². The van der Waals surface area contributed by atoms with Gasteiger partial charge in [-0.15, -0.1) is 0 Å². The first-order valence-corrected chi connectivity index (χ1v) is 9.77. The van der Waals surface area contributed by atoms with Crippen molar-refractivity contribution in [1.82, 2.24) is 0 Å². The van der Waals surface area contributed by atoms with Crippen molar-refractivity contribution in [2.75, 3.05) is 18.1 Å². The lowest BCUT2D eigenvalue weighted by Crippen LogP contribution is -2.44. The number of aliphatic hydroxyl groups is 1. The Morgan fingerprint density at radius 3 is 2.86 bits per heavy atom. The van der Waals surface area contributed by atoms with E-state index in [1.54, 1.807) is 0 Å². The van der Waals surface area contributed by atoms with Crippen LogP contribution in [0.25, 0.3) is 0 Å². The highest BCUT2D eigenvalue weighted by Crippen LogP contribution is 2.44. The van der Waals surface area contributed by atoms with E-state index < -0.39 is 6.10 Å². The van der Waals surface area contributed by atoms with Gasteiger partial charge in [-0.2, -0.15) is 11.8 Å². The van der Waals surface area contributed by atoms with Gasteiger partial charge in [-0.25, -0.2) is 0 Å². The molecule has 116 valence electrons. The van der Waals surface area contributed by atoms with Crippen LogP contribution in [0.3, 0.4) is 0 Å². The Labute approximate surface area is 143 Å². The quantitative estimate of drug-likeness (QED) is 0.783. The van der Waals surface area contributed by atoms with Crippen molar-refractivity contribution in [3.8, 4) is 0 Å². The third-order valence-electron chi connectivity index (χ3n) is 4.66. The topological polar surface area (TPSA) is 29.5 Å². The molecule has 2 atom stereocenters. The minimum atomic E-state index is -0.452. The zero-order valence-electron chi connectivity index (χ0n) is 11.9. The fraction of sp³-hybridized carbons (Fsp3) is 0.625. The summed E-state index contributed by atoms with van der Waals surface area (Å²) in [7, 11) is 0. The van der Waals surface area contributed by atoms with Crippen LogP contribution in [0.5, 0.6) is 0 Å². The van der Waals surface area contributed by atoms with Gasteiger partial charge in [-0.3, -0.25) is 0 Å². The van der Waals surface area contributed by atoms with Gasteiger partial charge >= 0.3 is 0 Å². The van der Waals surface area contributed by atoms with Gasteiger partial charge < -0.3 is 9.84 Å². The average Bonchev–Trinajstić information content (AvgIpc) is 2.47. The van der Waals surface area contributed by atoms with Crippen LogP contribution in [0.2, 0.25) is 5.02 Å². The summed E-state index contributed by atoms with van der Waals surface area (Å²) in [6.07, 6.45) is 3.66. The van der Waals surface area contributed by atoms with Crippen molar-refractivity contribution < 1.29 is 9.84 Å². The van der Waals surface area contributed by atoms with Gasteiger partial charge in [-0.1, -0.05) is 33.6 Å². The van der Waals surface area contributed by atoms with Gasteiger partial charge in [0.1, 0.15) is 0 Å². The predicted molar refractivity (Wildman–Crippen MR) is 92.1 cm³/mol. The molecule has 2 aliphatic heterocycles. The molecule has 1 aromatic rings. The monoisotopic (exact) mass is 390 g/mol. The molecule has 0 radical (unpaired) electrons. The molecule has 2 heterocycles. The molecule has 1 spiro atoms. The summed E-state index contributed by atoms with van der Waals surface area (Å²) in [6, 6.07) is 5.62. The highest BCUT2D eigenvalue weighted by Gasteiger charge is 2.41. The molecule has 2 unspecified atom stereocenters. The van der Waals surface area contributed by atoms with E-state index in [2.05, 4.69) is 15.9 Å². The third-order valence-corrected chi connectivity index (χ3v) is 6.57. The summed E-state index contributed by atoms with van der Waals surface area (Å²) in [6.45, 7) is 0.762. The molecule has 2 fully saturated rings. The van der Waals surface area contributed by atoms with Crippen molar-refractivity contribution in [2.24, 2.45) is 5.92 Å². The van der Waals surface area contributed by atoms with E-state index in [1.807, 2.05) is 30.0 Å². The number of hydrogen-bond donors (Lipinski definition) is 1. The average molecular weight is 392 g/mol. The normalized spacial score (nSPS) is 26.7. The molecule has 1 N–H and O–H groups in total.